The first-order valence-corrected chi connectivity index (χ1v) is 11.9. The van der Waals surface area contributed by atoms with E-state index in [0.717, 1.165) is 53.6 Å². The third-order valence-electron chi connectivity index (χ3n) is 6.45. The molecular formula is C27H29N5O2. The topological polar surface area (TPSA) is 85.8 Å². The largest absolute Gasteiger partial charge is 0.441 e. The van der Waals surface area contributed by atoms with Crippen molar-refractivity contribution in [2.45, 2.75) is 58.9 Å². The average Bonchev–Trinajstić information content (AvgIpc) is 3.41. The molecule has 0 spiro atoms. The normalized spacial score (nSPS) is 13.4. The van der Waals surface area contributed by atoms with Crippen LogP contribution >= 0.6 is 0 Å². The molecule has 0 fully saturated rings. The SMILES string of the molecule is Cc1ccc(-c2cnc(CCC(=O)Nc3ccc(-c4nnc5n4CCCCC5)cc3)o2)cc1C. The lowest BCUT2D eigenvalue weighted by Crippen LogP contribution is -2.12. The van der Waals surface area contributed by atoms with Gasteiger partial charge < -0.3 is 14.3 Å². The summed E-state index contributed by atoms with van der Waals surface area (Å²) in [5.74, 6) is 3.18. The molecule has 2 aromatic heterocycles. The Labute approximate surface area is 199 Å². The maximum Gasteiger partial charge on any atom is 0.224 e. The van der Waals surface area contributed by atoms with Gasteiger partial charge in [0.15, 0.2) is 17.5 Å². The second-order valence-electron chi connectivity index (χ2n) is 8.94. The van der Waals surface area contributed by atoms with Crippen LogP contribution in [0.2, 0.25) is 0 Å². The molecule has 0 atom stereocenters. The van der Waals surface area contributed by atoms with Crippen LogP contribution in [0.25, 0.3) is 22.7 Å². The summed E-state index contributed by atoms with van der Waals surface area (Å²) >= 11 is 0. The number of hydrogen-bond acceptors (Lipinski definition) is 5. The number of aromatic nitrogens is 4. The summed E-state index contributed by atoms with van der Waals surface area (Å²) in [5, 5.41) is 11.7. The molecule has 7 heteroatoms. The average molecular weight is 456 g/mol. The molecule has 4 aromatic rings. The van der Waals surface area contributed by atoms with Gasteiger partial charge in [-0.1, -0.05) is 18.6 Å². The fraction of sp³-hybridized carbons (Fsp3) is 0.333. The lowest BCUT2D eigenvalue weighted by molar-refractivity contribution is -0.116. The summed E-state index contributed by atoms with van der Waals surface area (Å²) < 4.78 is 8.10. The van der Waals surface area contributed by atoms with Crippen molar-refractivity contribution in [1.29, 1.82) is 0 Å². The Morgan fingerprint density at radius 2 is 1.82 bits per heavy atom. The molecule has 5 rings (SSSR count). The van der Waals surface area contributed by atoms with Gasteiger partial charge in [-0.2, -0.15) is 0 Å². The van der Waals surface area contributed by atoms with Gasteiger partial charge in [0.2, 0.25) is 5.91 Å². The minimum absolute atomic E-state index is 0.0741. The fourth-order valence-corrected chi connectivity index (χ4v) is 4.30. The van der Waals surface area contributed by atoms with Crippen molar-refractivity contribution in [1.82, 2.24) is 19.7 Å². The van der Waals surface area contributed by atoms with Crippen LogP contribution in [0.15, 0.2) is 53.1 Å². The van der Waals surface area contributed by atoms with Gasteiger partial charge in [-0.25, -0.2) is 4.98 Å². The Morgan fingerprint density at radius 3 is 2.65 bits per heavy atom. The van der Waals surface area contributed by atoms with Crippen LogP contribution in [-0.2, 0) is 24.2 Å². The Morgan fingerprint density at radius 1 is 1.00 bits per heavy atom. The van der Waals surface area contributed by atoms with Crippen LogP contribution in [0.4, 0.5) is 5.69 Å². The second-order valence-corrected chi connectivity index (χ2v) is 8.94. The first-order valence-electron chi connectivity index (χ1n) is 11.9. The molecule has 0 unspecified atom stereocenters. The van der Waals surface area contributed by atoms with Gasteiger partial charge in [0.1, 0.15) is 5.82 Å². The molecule has 0 aliphatic carbocycles. The van der Waals surface area contributed by atoms with E-state index in [9.17, 15) is 4.79 Å². The van der Waals surface area contributed by atoms with Crippen molar-refractivity contribution >= 4 is 11.6 Å². The van der Waals surface area contributed by atoms with Crippen molar-refractivity contribution in [3.63, 3.8) is 0 Å². The number of rotatable bonds is 6. The molecule has 0 saturated carbocycles. The summed E-state index contributed by atoms with van der Waals surface area (Å²) in [7, 11) is 0. The van der Waals surface area contributed by atoms with Crippen molar-refractivity contribution < 1.29 is 9.21 Å². The third kappa shape index (κ3) is 4.78. The molecule has 1 N–H and O–H groups in total. The smallest absolute Gasteiger partial charge is 0.224 e. The van der Waals surface area contributed by atoms with E-state index < -0.39 is 0 Å². The zero-order chi connectivity index (χ0) is 23.5. The highest BCUT2D eigenvalue weighted by atomic mass is 16.4. The van der Waals surface area contributed by atoms with Crippen LogP contribution in [0.1, 0.15) is 48.5 Å². The van der Waals surface area contributed by atoms with Gasteiger partial charge in [-0.05, 0) is 68.1 Å². The first kappa shape index (κ1) is 22.1. The number of anilines is 1. The summed E-state index contributed by atoms with van der Waals surface area (Å²) in [6.07, 6.45) is 7.01. The number of nitrogens with zero attached hydrogens (tertiary/aromatic N) is 4. The molecule has 0 saturated heterocycles. The van der Waals surface area contributed by atoms with Gasteiger partial charge >= 0.3 is 0 Å². The van der Waals surface area contributed by atoms with Crippen LogP contribution in [-0.4, -0.2) is 25.7 Å². The first-order chi connectivity index (χ1) is 16.6. The van der Waals surface area contributed by atoms with E-state index >= 15 is 0 Å². The number of aryl methyl sites for hydroxylation is 4. The van der Waals surface area contributed by atoms with Crippen LogP contribution in [0, 0.1) is 13.8 Å². The molecule has 34 heavy (non-hydrogen) atoms. The third-order valence-corrected chi connectivity index (χ3v) is 6.45. The molecule has 3 heterocycles. The quantitative estimate of drug-likeness (QED) is 0.414. The van der Waals surface area contributed by atoms with Crippen LogP contribution in [0.5, 0.6) is 0 Å². The number of nitrogens with one attached hydrogen (secondary N) is 1. The zero-order valence-corrected chi connectivity index (χ0v) is 19.7. The van der Waals surface area contributed by atoms with E-state index in [4.69, 9.17) is 4.42 Å². The lowest BCUT2D eigenvalue weighted by atomic mass is 10.1. The summed E-state index contributed by atoms with van der Waals surface area (Å²) in [5.41, 5.74) is 5.21. The van der Waals surface area contributed by atoms with E-state index in [2.05, 4.69) is 51.0 Å². The minimum atomic E-state index is -0.0741. The molecule has 1 aliphatic rings. The maximum absolute atomic E-state index is 12.5. The lowest BCUT2D eigenvalue weighted by Gasteiger charge is -2.08. The predicted molar refractivity (Wildman–Crippen MR) is 131 cm³/mol. The fourth-order valence-electron chi connectivity index (χ4n) is 4.30. The monoisotopic (exact) mass is 455 g/mol. The Balaban J connectivity index is 1.18. The minimum Gasteiger partial charge on any atom is -0.441 e. The molecule has 7 nitrogen and oxygen atoms in total. The van der Waals surface area contributed by atoms with Crippen molar-refractivity contribution in [3.8, 4) is 22.7 Å². The van der Waals surface area contributed by atoms with E-state index in [-0.39, 0.29) is 5.91 Å². The molecule has 1 aliphatic heterocycles. The Kier molecular flexibility index (Phi) is 6.25. The summed E-state index contributed by atoms with van der Waals surface area (Å²) in [6.45, 7) is 5.12. The highest BCUT2D eigenvalue weighted by Gasteiger charge is 2.16. The standard InChI is InChI=1S/C27H29N5O2/c1-18-7-8-21(16-19(18)2)23-17-28-26(34-23)14-13-25(33)29-22-11-9-20(10-12-22)27-31-30-24-6-4-3-5-15-32(24)27/h7-12,16-17H,3-6,13-15H2,1-2H3,(H,29,33). The predicted octanol–water partition coefficient (Wildman–Crippen LogP) is 5.51. The van der Waals surface area contributed by atoms with Gasteiger partial charge in [0.05, 0.1) is 6.20 Å². The Hall–Kier alpha value is -3.74. The van der Waals surface area contributed by atoms with Gasteiger partial charge in [-0.3, -0.25) is 4.79 Å². The van der Waals surface area contributed by atoms with Gasteiger partial charge in [0.25, 0.3) is 0 Å². The van der Waals surface area contributed by atoms with E-state index in [1.807, 2.05) is 30.3 Å². The van der Waals surface area contributed by atoms with Gasteiger partial charge in [0, 0.05) is 42.6 Å². The number of fused-ring (bicyclic) bond motifs is 1. The second kappa shape index (κ2) is 9.63. The number of amides is 1. The van der Waals surface area contributed by atoms with Gasteiger partial charge in [-0.15, -0.1) is 10.2 Å². The number of carbonyl (C=O) groups is 1. The molecule has 2 aromatic carbocycles. The Bertz CT molecular complexity index is 1300. The van der Waals surface area contributed by atoms with E-state index in [1.165, 1.54) is 24.0 Å². The molecule has 1 amide bonds. The van der Waals surface area contributed by atoms with Crippen LogP contribution in [0.3, 0.4) is 0 Å². The number of benzene rings is 2. The summed E-state index contributed by atoms with van der Waals surface area (Å²) in [6, 6.07) is 14.0. The molecular weight excluding hydrogens is 426 g/mol. The number of oxazole rings is 1. The van der Waals surface area contributed by atoms with Crippen molar-refractivity contribution in [2.75, 3.05) is 5.32 Å². The van der Waals surface area contributed by atoms with Crippen LogP contribution < -0.4 is 5.32 Å². The highest BCUT2D eigenvalue weighted by Crippen LogP contribution is 2.25. The van der Waals surface area contributed by atoms with Crippen molar-refractivity contribution in [2.24, 2.45) is 0 Å². The van der Waals surface area contributed by atoms with E-state index in [1.54, 1.807) is 6.20 Å². The van der Waals surface area contributed by atoms with E-state index in [0.29, 0.717) is 18.7 Å². The number of hydrogen-bond donors (Lipinski definition) is 1. The van der Waals surface area contributed by atoms with Crippen molar-refractivity contribution in [3.05, 3.63) is 71.5 Å². The maximum atomic E-state index is 12.5. The molecule has 174 valence electrons. The molecule has 0 radical (unpaired) electrons. The highest BCUT2D eigenvalue weighted by molar-refractivity contribution is 5.91. The summed E-state index contributed by atoms with van der Waals surface area (Å²) in [4.78, 5) is 16.8. The number of carbonyl (C=O) groups excluding carboxylic acids is 1. The molecule has 0 bridgehead atoms. The zero-order valence-electron chi connectivity index (χ0n) is 19.7.